The molecule has 0 radical (unpaired) electrons. The van der Waals surface area contributed by atoms with Crippen molar-refractivity contribution < 1.29 is 33.9 Å². The molecule has 1 aromatic carbocycles. The van der Waals surface area contributed by atoms with Gasteiger partial charge in [0, 0.05) is 45.7 Å². The van der Waals surface area contributed by atoms with Crippen LogP contribution in [0.5, 0.6) is 0 Å². The van der Waals surface area contributed by atoms with Gasteiger partial charge >= 0.3 is 0 Å². The van der Waals surface area contributed by atoms with Gasteiger partial charge in [-0.2, -0.15) is 0 Å². The lowest BCUT2D eigenvalue weighted by molar-refractivity contribution is -0.193. The van der Waals surface area contributed by atoms with Crippen LogP contribution in [0.25, 0.3) is 0 Å². The van der Waals surface area contributed by atoms with Crippen molar-refractivity contribution in [2.24, 2.45) is 11.8 Å². The molecule has 2 aliphatic heterocycles. The molecule has 2 heterocycles. The summed E-state index contributed by atoms with van der Waals surface area (Å²) in [6.07, 6.45) is 10.9. The van der Waals surface area contributed by atoms with E-state index < -0.39 is 6.10 Å². The Hall–Kier alpha value is -1.32. The van der Waals surface area contributed by atoms with Gasteiger partial charge in [0.1, 0.15) is 0 Å². The fourth-order valence-electron chi connectivity index (χ4n) is 5.74. The van der Waals surface area contributed by atoms with Crippen LogP contribution in [0.4, 0.5) is 0 Å². The molecule has 3 fully saturated rings. The van der Waals surface area contributed by atoms with Crippen molar-refractivity contribution in [1.29, 1.82) is 0 Å². The highest BCUT2D eigenvalue weighted by atomic mass is 16.7. The fourth-order valence-corrected chi connectivity index (χ4v) is 5.74. The smallest absolute Gasteiger partial charge is 0.158 e. The minimum Gasteiger partial charge on any atom is -0.396 e. The van der Waals surface area contributed by atoms with Gasteiger partial charge in [0.05, 0.1) is 24.9 Å². The second-order valence-corrected chi connectivity index (χ2v) is 10.3. The zero-order chi connectivity index (χ0) is 25.2. The summed E-state index contributed by atoms with van der Waals surface area (Å²) in [7, 11) is 1.71. The highest BCUT2D eigenvalue weighted by Crippen LogP contribution is 2.39. The zero-order valence-electron chi connectivity index (χ0n) is 21.6. The van der Waals surface area contributed by atoms with Crippen molar-refractivity contribution in [3.8, 4) is 0 Å². The number of hydrogen-bond donors (Lipinski definition) is 2. The Morgan fingerprint density at radius 3 is 2.50 bits per heavy atom. The highest BCUT2D eigenvalue weighted by molar-refractivity contribution is 5.24. The average Bonchev–Trinajstić information content (AvgIpc) is 3.18. The third-order valence-corrected chi connectivity index (χ3v) is 7.57. The average molecular weight is 505 g/mol. The van der Waals surface area contributed by atoms with E-state index in [9.17, 15) is 10.2 Å². The first-order chi connectivity index (χ1) is 17.7. The second kappa shape index (κ2) is 14.6. The maximum absolute atomic E-state index is 10.8. The van der Waals surface area contributed by atoms with Crippen LogP contribution in [0.1, 0.15) is 62.5 Å². The van der Waals surface area contributed by atoms with Gasteiger partial charge in [0.2, 0.25) is 0 Å². The van der Waals surface area contributed by atoms with E-state index in [4.69, 9.17) is 23.7 Å². The number of hydrogen-bond acceptors (Lipinski definition) is 7. The molecular weight excluding hydrogens is 460 g/mol. The van der Waals surface area contributed by atoms with Gasteiger partial charge in [-0.1, -0.05) is 36.4 Å². The van der Waals surface area contributed by atoms with Crippen LogP contribution in [0.2, 0.25) is 0 Å². The zero-order valence-corrected chi connectivity index (χ0v) is 21.6. The van der Waals surface area contributed by atoms with Crippen LogP contribution in [0.15, 0.2) is 36.4 Å². The lowest BCUT2D eigenvalue weighted by Gasteiger charge is -2.30. The third kappa shape index (κ3) is 8.09. The van der Waals surface area contributed by atoms with Crippen molar-refractivity contribution in [2.45, 2.75) is 95.3 Å². The SMILES string of the molecule is COCc1cccc(C[C@H](/C=C/[C@@H]2[C@@H](CCO)[C@@H](O)C[C@H]2OC2CCCCO2)OC2CCCCO2)c1. The van der Waals surface area contributed by atoms with Crippen LogP contribution in [0.3, 0.4) is 0 Å². The minimum atomic E-state index is -0.507. The molecule has 7 nitrogen and oxygen atoms in total. The lowest BCUT2D eigenvalue weighted by Crippen LogP contribution is -2.31. The van der Waals surface area contributed by atoms with E-state index in [0.717, 1.165) is 57.3 Å². The maximum Gasteiger partial charge on any atom is 0.158 e. The molecule has 4 rings (SSSR count). The van der Waals surface area contributed by atoms with Gasteiger partial charge in [0.15, 0.2) is 12.6 Å². The Morgan fingerprint density at radius 2 is 1.81 bits per heavy atom. The van der Waals surface area contributed by atoms with Crippen molar-refractivity contribution in [3.05, 3.63) is 47.5 Å². The molecule has 2 N–H and O–H groups in total. The third-order valence-electron chi connectivity index (χ3n) is 7.57. The summed E-state index contributed by atoms with van der Waals surface area (Å²) in [5, 5.41) is 20.5. The summed E-state index contributed by atoms with van der Waals surface area (Å²) < 4.78 is 29.8. The molecule has 0 amide bonds. The molecule has 2 saturated heterocycles. The Balaban J connectivity index is 1.50. The molecule has 36 heavy (non-hydrogen) atoms. The van der Waals surface area contributed by atoms with Gasteiger partial charge in [-0.3, -0.25) is 0 Å². The van der Waals surface area contributed by atoms with Crippen LogP contribution < -0.4 is 0 Å². The standard InChI is InChI=1S/C29H44O7/c1-32-20-22-8-6-7-21(17-22)18-23(35-28-9-2-4-15-33-28)11-12-25-24(13-14-30)26(31)19-27(25)36-29-10-3-5-16-34-29/h6-8,11-12,17,23-31H,2-5,9-10,13-16,18-20H2,1H3/b12-11+/t23-,24+,25+,26-,27+,28?,29?/m0/s1. The summed E-state index contributed by atoms with van der Waals surface area (Å²) in [5.41, 5.74) is 2.31. The summed E-state index contributed by atoms with van der Waals surface area (Å²) in [6.45, 7) is 2.07. The van der Waals surface area contributed by atoms with Gasteiger partial charge in [-0.05, 0) is 62.0 Å². The Bertz CT molecular complexity index is 788. The summed E-state index contributed by atoms with van der Waals surface area (Å²) in [6, 6.07) is 8.40. The number of aliphatic hydroxyl groups excluding tert-OH is 2. The van der Waals surface area contributed by atoms with Crippen LogP contribution in [-0.2, 0) is 36.7 Å². The number of benzene rings is 1. The van der Waals surface area contributed by atoms with Crippen molar-refractivity contribution >= 4 is 0 Å². The van der Waals surface area contributed by atoms with Crippen molar-refractivity contribution in [2.75, 3.05) is 26.9 Å². The molecule has 0 aromatic heterocycles. The Kier molecular flexibility index (Phi) is 11.2. The molecule has 2 unspecified atom stereocenters. The molecular formula is C29H44O7. The molecule has 202 valence electrons. The van der Waals surface area contributed by atoms with E-state index in [1.165, 1.54) is 5.56 Å². The summed E-state index contributed by atoms with van der Waals surface area (Å²) in [4.78, 5) is 0. The van der Waals surface area contributed by atoms with E-state index in [0.29, 0.717) is 25.9 Å². The Morgan fingerprint density at radius 1 is 1.06 bits per heavy atom. The van der Waals surface area contributed by atoms with Crippen LogP contribution in [-0.4, -0.2) is 68.0 Å². The van der Waals surface area contributed by atoms with Crippen molar-refractivity contribution in [3.63, 3.8) is 0 Å². The van der Waals surface area contributed by atoms with Gasteiger partial charge in [-0.15, -0.1) is 0 Å². The molecule has 0 bridgehead atoms. The molecule has 1 saturated carbocycles. The number of rotatable bonds is 12. The fraction of sp³-hybridized carbons (Fsp3) is 0.724. The molecule has 1 aliphatic carbocycles. The lowest BCUT2D eigenvalue weighted by atomic mass is 9.89. The summed E-state index contributed by atoms with van der Waals surface area (Å²) >= 11 is 0. The highest BCUT2D eigenvalue weighted by Gasteiger charge is 2.42. The van der Waals surface area contributed by atoms with Gasteiger partial charge in [-0.25, -0.2) is 0 Å². The largest absolute Gasteiger partial charge is 0.396 e. The molecule has 7 heteroatoms. The minimum absolute atomic E-state index is 0.0177. The van der Waals surface area contributed by atoms with E-state index >= 15 is 0 Å². The summed E-state index contributed by atoms with van der Waals surface area (Å²) in [5.74, 6) is -0.0765. The topological polar surface area (TPSA) is 86.6 Å². The predicted molar refractivity (Wildman–Crippen MR) is 136 cm³/mol. The quantitative estimate of drug-likeness (QED) is 0.414. The molecule has 3 aliphatic rings. The first-order valence-electron chi connectivity index (χ1n) is 13.7. The van der Waals surface area contributed by atoms with E-state index in [2.05, 4.69) is 36.4 Å². The number of aliphatic hydroxyl groups is 2. The number of ether oxygens (including phenoxy) is 5. The number of methoxy groups -OCH3 is 1. The van der Waals surface area contributed by atoms with Gasteiger partial charge in [0.25, 0.3) is 0 Å². The van der Waals surface area contributed by atoms with E-state index in [1.54, 1.807) is 7.11 Å². The molecule has 0 spiro atoms. The monoisotopic (exact) mass is 504 g/mol. The first-order valence-corrected chi connectivity index (χ1v) is 13.7. The predicted octanol–water partition coefficient (Wildman–Crippen LogP) is 4.13. The van der Waals surface area contributed by atoms with E-state index in [1.807, 2.05) is 0 Å². The Labute approximate surface area is 215 Å². The first kappa shape index (κ1) is 27.7. The van der Waals surface area contributed by atoms with Crippen molar-refractivity contribution in [1.82, 2.24) is 0 Å². The van der Waals surface area contributed by atoms with Gasteiger partial charge < -0.3 is 33.9 Å². The maximum atomic E-state index is 10.8. The van der Waals surface area contributed by atoms with E-state index in [-0.39, 0.29) is 43.2 Å². The molecule has 1 aromatic rings. The van der Waals surface area contributed by atoms with Crippen LogP contribution >= 0.6 is 0 Å². The van der Waals surface area contributed by atoms with Crippen LogP contribution in [0, 0.1) is 11.8 Å². The normalized spacial score (nSPS) is 32.2. The second-order valence-electron chi connectivity index (χ2n) is 10.3. The molecule has 7 atom stereocenters.